The molecule has 0 saturated carbocycles. The van der Waals surface area contributed by atoms with Crippen LogP contribution in [0.25, 0.3) is 0 Å². The van der Waals surface area contributed by atoms with Crippen LogP contribution in [0.2, 0.25) is 5.02 Å². The summed E-state index contributed by atoms with van der Waals surface area (Å²) in [5.74, 6) is 0. The molecule has 0 aliphatic carbocycles. The average Bonchev–Trinajstić information content (AvgIpc) is 2.42. The van der Waals surface area contributed by atoms with Gasteiger partial charge >= 0.3 is 0 Å². The molecule has 0 radical (unpaired) electrons. The van der Waals surface area contributed by atoms with E-state index in [1.807, 2.05) is 31.3 Å². The largest absolute Gasteiger partial charge is 0.304 e. The summed E-state index contributed by atoms with van der Waals surface area (Å²) in [6.45, 7) is 4.98. The minimum atomic E-state index is 0.307. The van der Waals surface area contributed by atoms with Crippen molar-refractivity contribution < 1.29 is 0 Å². The molecule has 1 aromatic heterocycles. The number of nitrogens with zero attached hydrogens (tertiary/aromatic N) is 1. The van der Waals surface area contributed by atoms with Crippen LogP contribution in [-0.4, -0.2) is 4.98 Å². The zero-order valence-electron chi connectivity index (χ0n) is 11.4. The topological polar surface area (TPSA) is 24.9 Å². The Kier molecular flexibility index (Phi) is 4.94. The molecule has 1 N–H and O–H groups in total. The maximum absolute atomic E-state index is 6.04. The smallest absolute Gasteiger partial charge is 0.0542 e. The van der Waals surface area contributed by atoms with E-state index >= 15 is 0 Å². The van der Waals surface area contributed by atoms with E-state index in [0.717, 1.165) is 23.7 Å². The van der Waals surface area contributed by atoms with Gasteiger partial charge in [-0.2, -0.15) is 0 Å². The average molecular weight is 275 g/mol. The van der Waals surface area contributed by atoms with E-state index in [9.17, 15) is 0 Å². The predicted molar refractivity (Wildman–Crippen MR) is 80.3 cm³/mol. The van der Waals surface area contributed by atoms with Crippen molar-refractivity contribution in [2.24, 2.45) is 0 Å². The molecule has 0 aliphatic rings. The maximum Gasteiger partial charge on any atom is 0.0542 e. The molecular weight excluding hydrogens is 256 g/mol. The molecule has 0 amide bonds. The first kappa shape index (κ1) is 14.0. The van der Waals surface area contributed by atoms with E-state index in [4.69, 9.17) is 11.6 Å². The highest BCUT2D eigenvalue weighted by molar-refractivity contribution is 6.30. The highest BCUT2D eigenvalue weighted by Crippen LogP contribution is 2.20. The van der Waals surface area contributed by atoms with Crippen LogP contribution in [0.3, 0.4) is 0 Å². The Bertz CT molecular complexity index is 523. The van der Waals surface area contributed by atoms with Crippen molar-refractivity contribution in [3.8, 4) is 0 Å². The Hall–Kier alpha value is -1.38. The third-order valence-corrected chi connectivity index (χ3v) is 3.40. The van der Waals surface area contributed by atoms with Gasteiger partial charge in [-0.3, -0.25) is 4.98 Å². The third kappa shape index (κ3) is 4.05. The molecule has 1 unspecified atom stereocenters. The fraction of sp³-hybridized carbons (Fsp3) is 0.312. The number of benzene rings is 1. The quantitative estimate of drug-likeness (QED) is 0.880. The lowest BCUT2D eigenvalue weighted by atomic mass is 10.0. The van der Waals surface area contributed by atoms with Crippen molar-refractivity contribution in [3.63, 3.8) is 0 Å². The minimum absolute atomic E-state index is 0.307. The van der Waals surface area contributed by atoms with Crippen LogP contribution in [0.1, 0.15) is 36.2 Å². The van der Waals surface area contributed by atoms with Gasteiger partial charge in [0.2, 0.25) is 0 Å². The number of aromatic nitrogens is 1. The second-order valence-electron chi connectivity index (χ2n) is 4.72. The van der Waals surface area contributed by atoms with Gasteiger partial charge in [-0.05, 0) is 42.7 Å². The molecule has 0 bridgehead atoms. The number of pyridine rings is 1. The van der Waals surface area contributed by atoms with Crippen molar-refractivity contribution in [2.75, 3.05) is 0 Å². The van der Waals surface area contributed by atoms with Crippen LogP contribution in [0.5, 0.6) is 0 Å². The number of nitrogens with one attached hydrogen (secondary N) is 1. The van der Waals surface area contributed by atoms with Gasteiger partial charge in [0, 0.05) is 23.8 Å². The van der Waals surface area contributed by atoms with E-state index in [0.29, 0.717) is 6.04 Å². The van der Waals surface area contributed by atoms with E-state index in [-0.39, 0.29) is 0 Å². The molecule has 100 valence electrons. The van der Waals surface area contributed by atoms with E-state index < -0.39 is 0 Å². The number of halogens is 1. The molecule has 1 aromatic carbocycles. The van der Waals surface area contributed by atoms with Gasteiger partial charge in [0.15, 0.2) is 0 Å². The second-order valence-corrected chi connectivity index (χ2v) is 5.16. The van der Waals surface area contributed by atoms with Gasteiger partial charge in [-0.1, -0.05) is 36.7 Å². The summed E-state index contributed by atoms with van der Waals surface area (Å²) in [7, 11) is 0. The number of hydrogen-bond donors (Lipinski definition) is 1. The Morgan fingerprint density at radius 1 is 1.26 bits per heavy atom. The highest BCUT2D eigenvalue weighted by atomic mass is 35.5. The summed E-state index contributed by atoms with van der Waals surface area (Å²) in [5, 5.41) is 4.31. The van der Waals surface area contributed by atoms with Crippen LogP contribution in [-0.2, 0) is 6.54 Å². The fourth-order valence-electron chi connectivity index (χ4n) is 2.05. The zero-order chi connectivity index (χ0) is 13.7. The Morgan fingerprint density at radius 3 is 2.74 bits per heavy atom. The molecule has 2 rings (SSSR count). The lowest BCUT2D eigenvalue weighted by Crippen LogP contribution is -2.20. The van der Waals surface area contributed by atoms with Crippen LogP contribution in [0.15, 0.2) is 42.6 Å². The monoisotopic (exact) mass is 274 g/mol. The summed E-state index contributed by atoms with van der Waals surface area (Å²) in [4.78, 5) is 4.41. The summed E-state index contributed by atoms with van der Waals surface area (Å²) >= 11 is 6.04. The predicted octanol–water partition coefficient (Wildman–Crippen LogP) is 4.28. The molecule has 2 nitrogen and oxygen atoms in total. The first-order valence-electron chi connectivity index (χ1n) is 6.59. The fourth-order valence-corrected chi connectivity index (χ4v) is 2.25. The number of hydrogen-bond acceptors (Lipinski definition) is 2. The van der Waals surface area contributed by atoms with Crippen LogP contribution < -0.4 is 5.32 Å². The van der Waals surface area contributed by atoms with Crippen LogP contribution in [0.4, 0.5) is 0 Å². The Labute approximate surface area is 119 Å². The van der Waals surface area contributed by atoms with Crippen LogP contribution in [0, 0.1) is 6.92 Å². The van der Waals surface area contributed by atoms with Crippen molar-refractivity contribution in [3.05, 3.63) is 64.4 Å². The summed E-state index contributed by atoms with van der Waals surface area (Å²) in [6.07, 6.45) is 2.92. The van der Waals surface area contributed by atoms with Crippen molar-refractivity contribution in [1.29, 1.82) is 0 Å². The summed E-state index contributed by atoms with van der Waals surface area (Å²) < 4.78 is 0. The van der Waals surface area contributed by atoms with Gasteiger partial charge in [-0.15, -0.1) is 0 Å². The minimum Gasteiger partial charge on any atom is -0.304 e. The molecular formula is C16H19ClN2. The van der Waals surface area contributed by atoms with Gasteiger partial charge in [0.05, 0.1) is 5.69 Å². The normalized spacial score (nSPS) is 12.4. The van der Waals surface area contributed by atoms with E-state index in [1.165, 1.54) is 11.1 Å². The third-order valence-electron chi connectivity index (χ3n) is 3.16. The molecule has 0 saturated heterocycles. The zero-order valence-corrected chi connectivity index (χ0v) is 12.1. The van der Waals surface area contributed by atoms with Gasteiger partial charge in [0.25, 0.3) is 0 Å². The molecule has 0 aliphatic heterocycles. The molecule has 2 aromatic rings. The number of rotatable bonds is 5. The molecule has 1 heterocycles. The van der Waals surface area contributed by atoms with E-state index in [2.05, 4.69) is 35.4 Å². The summed E-state index contributed by atoms with van der Waals surface area (Å²) in [5.41, 5.74) is 3.47. The first-order valence-corrected chi connectivity index (χ1v) is 6.97. The van der Waals surface area contributed by atoms with E-state index in [1.54, 1.807) is 0 Å². The van der Waals surface area contributed by atoms with Crippen molar-refractivity contribution >= 4 is 11.6 Å². The maximum atomic E-state index is 6.04. The molecule has 0 spiro atoms. The second kappa shape index (κ2) is 6.69. The lowest BCUT2D eigenvalue weighted by molar-refractivity contribution is 0.514. The SMILES string of the molecule is CCC(NCc1ccc(C)cn1)c1cccc(Cl)c1. The molecule has 3 heteroatoms. The molecule has 19 heavy (non-hydrogen) atoms. The molecule has 0 fully saturated rings. The Balaban J connectivity index is 2.01. The lowest BCUT2D eigenvalue weighted by Gasteiger charge is -2.17. The number of aryl methyl sites for hydroxylation is 1. The van der Waals surface area contributed by atoms with Crippen LogP contribution >= 0.6 is 11.6 Å². The van der Waals surface area contributed by atoms with Crippen molar-refractivity contribution in [1.82, 2.24) is 10.3 Å². The van der Waals surface area contributed by atoms with Gasteiger partial charge in [-0.25, -0.2) is 0 Å². The highest BCUT2D eigenvalue weighted by Gasteiger charge is 2.09. The molecule has 1 atom stereocenters. The van der Waals surface area contributed by atoms with Gasteiger partial charge in [0.1, 0.15) is 0 Å². The summed E-state index contributed by atoms with van der Waals surface area (Å²) in [6, 6.07) is 12.5. The van der Waals surface area contributed by atoms with Gasteiger partial charge < -0.3 is 5.32 Å². The Morgan fingerprint density at radius 2 is 2.11 bits per heavy atom. The first-order chi connectivity index (χ1) is 9.19. The standard InChI is InChI=1S/C16H19ClN2/c1-3-16(13-5-4-6-14(17)9-13)19-11-15-8-7-12(2)10-18-15/h4-10,16,19H,3,11H2,1-2H3. The van der Waals surface area contributed by atoms with Crippen molar-refractivity contribution in [2.45, 2.75) is 32.9 Å².